The first kappa shape index (κ1) is 22.9. The molecule has 1 aliphatic heterocycles. The lowest BCUT2D eigenvalue weighted by Crippen LogP contribution is -2.61. The number of nitrogens with zero attached hydrogens (tertiary/aromatic N) is 1. The normalized spacial score (nSPS) is 21.5. The summed E-state index contributed by atoms with van der Waals surface area (Å²) in [5, 5.41) is 24.7. The van der Waals surface area contributed by atoms with Crippen LogP contribution in [0.15, 0.2) is 42.5 Å². The minimum absolute atomic E-state index is 0.0671. The molecule has 0 saturated carbocycles. The van der Waals surface area contributed by atoms with Crippen LogP contribution in [0.3, 0.4) is 0 Å². The second-order valence-corrected chi connectivity index (χ2v) is 8.88. The fourth-order valence-electron chi connectivity index (χ4n) is 4.70. The fourth-order valence-corrected chi connectivity index (χ4v) is 4.70. The van der Waals surface area contributed by atoms with E-state index in [1.165, 1.54) is 17.0 Å². The Morgan fingerprint density at radius 1 is 1.27 bits per heavy atom. The molecule has 1 saturated heterocycles. The maximum absolute atomic E-state index is 13.7. The van der Waals surface area contributed by atoms with E-state index in [2.05, 4.69) is 10.6 Å². The zero-order valence-corrected chi connectivity index (χ0v) is 18.8. The van der Waals surface area contributed by atoms with Crippen molar-refractivity contribution in [1.29, 1.82) is 5.41 Å². The van der Waals surface area contributed by atoms with Crippen molar-refractivity contribution in [1.82, 2.24) is 15.5 Å². The third-order valence-electron chi connectivity index (χ3n) is 6.87. The summed E-state index contributed by atoms with van der Waals surface area (Å²) in [6.07, 6.45) is 1.34. The van der Waals surface area contributed by atoms with Crippen molar-refractivity contribution in [2.24, 2.45) is 0 Å². The molecule has 1 aliphatic carbocycles. The fraction of sp³-hybridized carbons (Fsp3) is 0.400. The number of guanidine groups is 1. The third-order valence-corrected chi connectivity index (χ3v) is 6.87. The predicted molar refractivity (Wildman–Crippen MR) is 122 cm³/mol. The van der Waals surface area contributed by atoms with Crippen LogP contribution in [-0.4, -0.2) is 39.4 Å². The zero-order valence-electron chi connectivity index (χ0n) is 18.8. The molecule has 7 nitrogen and oxygen atoms in total. The van der Waals surface area contributed by atoms with Gasteiger partial charge < -0.3 is 15.7 Å². The van der Waals surface area contributed by atoms with E-state index in [9.17, 15) is 19.1 Å². The van der Waals surface area contributed by atoms with Crippen LogP contribution in [0.5, 0.6) is 0 Å². The molecule has 2 aliphatic rings. The minimum Gasteiger partial charge on any atom is -0.390 e. The highest BCUT2D eigenvalue weighted by atomic mass is 19.1. The molecule has 1 fully saturated rings. The van der Waals surface area contributed by atoms with Crippen LogP contribution >= 0.6 is 0 Å². The quantitative estimate of drug-likeness (QED) is 0.541. The van der Waals surface area contributed by atoms with Gasteiger partial charge in [-0.15, -0.1) is 0 Å². The summed E-state index contributed by atoms with van der Waals surface area (Å²) in [6, 6.07) is 10.5. The molecule has 4 N–H and O–H groups in total. The lowest BCUT2D eigenvalue weighted by Gasteiger charge is -2.42. The molecule has 2 aromatic carbocycles. The van der Waals surface area contributed by atoms with Gasteiger partial charge in [-0.2, -0.15) is 0 Å². The van der Waals surface area contributed by atoms with E-state index >= 15 is 0 Å². The second kappa shape index (κ2) is 8.94. The SMILES string of the molecule is CCC1(CC)CC(=O)N(Cc2cccc(C(=O)N[C@@H]3c4cc(F)ccc4C[C@H]3O)c2)C(=N)N1. The highest BCUT2D eigenvalue weighted by Crippen LogP contribution is 2.32. The Morgan fingerprint density at radius 3 is 2.73 bits per heavy atom. The number of amides is 2. The van der Waals surface area contributed by atoms with Crippen LogP contribution in [0.2, 0.25) is 0 Å². The van der Waals surface area contributed by atoms with Crippen molar-refractivity contribution in [2.45, 2.75) is 63.8 Å². The predicted octanol–water partition coefficient (Wildman–Crippen LogP) is 3.03. The molecule has 0 bridgehead atoms. The van der Waals surface area contributed by atoms with Crippen LogP contribution in [0, 0.1) is 11.2 Å². The zero-order chi connectivity index (χ0) is 23.8. The maximum Gasteiger partial charge on any atom is 0.251 e. The van der Waals surface area contributed by atoms with Gasteiger partial charge in [0.25, 0.3) is 5.91 Å². The largest absolute Gasteiger partial charge is 0.390 e. The molecule has 8 heteroatoms. The summed E-state index contributed by atoms with van der Waals surface area (Å²) in [6.45, 7) is 4.18. The molecule has 0 spiro atoms. The van der Waals surface area contributed by atoms with Gasteiger partial charge in [-0.3, -0.25) is 19.9 Å². The summed E-state index contributed by atoms with van der Waals surface area (Å²) < 4.78 is 13.7. The first-order valence-electron chi connectivity index (χ1n) is 11.3. The minimum atomic E-state index is -0.830. The third kappa shape index (κ3) is 4.48. The van der Waals surface area contributed by atoms with E-state index < -0.39 is 23.9 Å². The average Bonchev–Trinajstić information content (AvgIpc) is 3.10. The molecule has 2 atom stereocenters. The monoisotopic (exact) mass is 452 g/mol. The highest BCUT2D eigenvalue weighted by molar-refractivity contribution is 5.99. The van der Waals surface area contributed by atoms with Crippen molar-refractivity contribution in [2.75, 3.05) is 0 Å². The highest BCUT2D eigenvalue weighted by Gasteiger charge is 2.39. The van der Waals surface area contributed by atoms with Crippen LogP contribution in [0.1, 0.15) is 66.2 Å². The lowest BCUT2D eigenvalue weighted by molar-refractivity contribution is -0.131. The van der Waals surface area contributed by atoms with E-state index in [1.807, 2.05) is 13.8 Å². The average molecular weight is 453 g/mol. The van der Waals surface area contributed by atoms with Gasteiger partial charge in [-0.05, 0) is 53.8 Å². The van der Waals surface area contributed by atoms with Gasteiger partial charge in [0, 0.05) is 17.5 Å². The number of nitrogens with one attached hydrogen (secondary N) is 3. The first-order chi connectivity index (χ1) is 15.7. The second-order valence-electron chi connectivity index (χ2n) is 8.88. The van der Waals surface area contributed by atoms with E-state index in [-0.39, 0.29) is 24.0 Å². The van der Waals surface area contributed by atoms with Crippen molar-refractivity contribution in [3.63, 3.8) is 0 Å². The van der Waals surface area contributed by atoms with E-state index in [1.54, 1.807) is 30.3 Å². The Labute approximate surface area is 192 Å². The number of aliphatic hydroxyl groups excluding tert-OH is 1. The van der Waals surface area contributed by atoms with Gasteiger partial charge in [0.05, 0.1) is 25.1 Å². The number of carbonyl (C=O) groups is 2. The standard InChI is InChI=1S/C25H29FN4O3/c1-3-25(4-2)13-21(32)30(24(27)29-25)14-15-6-5-7-17(10-15)23(33)28-22-19-12-18(26)9-8-16(19)11-20(22)31/h5-10,12,20,22,31H,3-4,11,13-14H2,1-2H3,(H2,27,29)(H,28,33)/t20-,22-/m1/s1. The van der Waals surface area contributed by atoms with Gasteiger partial charge >= 0.3 is 0 Å². The molecule has 2 aromatic rings. The first-order valence-corrected chi connectivity index (χ1v) is 11.3. The molecule has 2 amide bonds. The number of rotatable bonds is 6. The molecular weight excluding hydrogens is 423 g/mol. The summed E-state index contributed by atoms with van der Waals surface area (Å²) in [4.78, 5) is 27.1. The number of aliphatic hydroxyl groups is 1. The van der Waals surface area contributed by atoms with Gasteiger partial charge in [-0.25, -0.2) is 4.39 Å². The molecule has 0 aromatic heterocycles. The van der Waals surface area contributed by atoms with Crippen LogP contribution in [0.25, 0.3) is 0 Å². The molecule has 0 unspecified atom stereocenters. The van der Waals surface area contributed by atoms with Crippen LogP contribution < -0.4 is 10.6 Å². The Bertz CT molecular complexity index is 1080. The van der Waals surface area contributed by atoms with Crippen LogP contribution in [-0.2, 0) is 17.8 Å². The molecular formula is C25H29FN4O3. The maximum atomic E-state index is 13.7. The summed E-state index contributed by atoms with van der Waals surface area (Å²) in [5.74, 6) is -0.865. The van der Waals surface area contributed by atoms with E-state index in [4.69, 9.17) is 5.41 Å². The number of halogens is 1. The van der Waals surface area contributed by atoms with E-state index in [0.717, 1.165) is 18.4 Å². The lowest BCUT2D eigenvalue weighted by atomic mass is 9.87. The van der Waals surface area contributed by atoms with Gasteiger partial charge in [0.2, 0.25) is 5.91 Å². The number of carbonyl (C=O) groups excluding carboxylic acids is 2. The number of fused-ring (bicyclic) bond motifs is 1. The van der Waals surface area contributed by atoms with Gasteiger partial charge in [-0.1, -0.05) is 32.0 Å². The molecule has 4 rings (SSSR count). The summed E-state index contributed by atoms with van der Waals surface area (Å²) >= 11 is 0. The Morgan fingerprint density at radius 2 is 2.03 bits per heavy atom. The van der Waals surface area contributed by atoms with Crippen molar-refractivity contribution >= 4 is 17.8 Å². The van der Waals surface area contributed by atoms with Gasteiger partial charge in [0.1, 0.15) is 5.82 Å². The molecule has 1 heterocycles. The molecule has 174 valence electrons. The number of hydrogen-bond acceptors (Lipinski definition) is 4. The Balaban J connectivity index is 1.48. The molecule has 0 radical (unpaired) electrons. The van der Waals surface area contributed by atoms with Crippen LogP contribution in [0.4, 0.5) is 4.39 Å². The topological polar surface area (TPSA) is 106 Å². The Kier molecular flexibility index (Phi) is 6.21. The smallest absolute Gasteiger partial charge is 0.251 e. The van der Waals surface area contributed by atoms with Crippen molar-refractivity contribution < 1.29 is 19.1 Å². The number of hydrogen-bond donors (Lipinski definition) is 4. The van der Waals surface area contributed by atoms with E-state index in [0.29, 0.717) is 29.5 Å². The Hall–Kier alpha value is -3.26. The summed E-state index contributed by atoms with van der Waals surface area (Å²) in [7, 11) is 0. The molecule has 33 heavy (non-hydrogen) atoms. The summed E-state index contributed by atoms with van der Waals surface area (Å²) in [5.41, 5.74) is 2.09. The van der Waals surface area contributed by atoms with Crippen molar-refractivity contribution in [3.05, 3.63) is 70.5 Å². The van der Waals surface area contributed by atoms with Gasteiger partial charge in [0.15, 0.2) is 5.96 Å². The van der Waals surface area contributed by atoms with Crippen molar-refractivity contribution in [3.8, 4) is 0 Å². The number of benzene rings is 2.